The molecule has 27 heavy (non-hydrogen) atoms. The van der Waals surface area contributed by atoms with Gasteiger partial charge in [0.25, 0.3) is 5.91 Å². The Bertz CT molecular complexity index is 1010. The molecule has 134 valence electrons. The highest BCUT2D eigenvalue weighted by atomic mass is 16.1. The quantitative estimate of drug-likeness (QED) is 0.597. The second kappa shape index (κ2) is 7.12. The smallest absolute Gasteiger partial charge is 0.254 e. The summed E-state index contributed by atoms with van der Waals surface area (Å²) in [5.41, 5.74) is 6.86. The van der Waals surface area contributed by atoms with Gasteiger partial charge in [-0.15, -0.1) is 0 Å². The third-order valence-electron chi connectivity index (χ3n) is 5.01. The number of amides is 1. The summed E-state index contributed by atoms with van der Waals surface area (Å²) < 4.78 is 0. The van der Waals surface area contributed by atoms with Crippen LogP contribution >= 0.6 is 0 Å². The largest absolute Gasteiger partial charge is 0.372 e. The van der Waals surface area contributed by atoms with E-state index in [0.29, 0.717) is 5.57 Å². The van der Waals surface area contributed by atoms with Gasteiger partial charge in [-0.25, -0.2) is 0 Å². The predicted octanol–water partition coefficient (Wildman–Crippen LogP) is 5.49. The van der Waals surface area contributed by atoms with Gasteiger partial charge in [0.2, 0.25) is 0 Å². The maximum atomic E-state index is 13.1. The number of benzene rings is 3. The zero-order valence-corrected chi connectivity index (χ0v) is 15.5. The highest BCUT2D eigenvalue weighted by Gasteiger charge is 2.27. The molecule has 3 aromatic rings. The van der Waals surface area contributed by atoms with Gasteiger partial charge in [0.15, 0.2) is 0 Å². The van der Waals surface area contributed by atoms with Gasteiger partial charge >= 0.3 is 0 Å². The molecule has 1 unspecified atom stereocenters. The molecular formula is C24H22N2O. The highest BCUT2D eigenvalue weighted by Crippen LogP contribution is 2.37. The van der Waals surface area contributed by atoms with Gasteiger partial charge < -0.3 is 10.6 Å². The number of hydrogen-bond acceptors (Lipinski definition) is 2. The standard InChI is InChI=1S/C24H22N2O/c1-16-13-21-22(14-17(16)2)26-24(27)20(15-18-9-5-3-6-10-18)23(25-21)19-11-7-4-8-12-19/h3-15,23,25H,1-2H3,(H,26,27)/b20-15-. The van der Waals surface area contributed by atoms with Crippen LogP contribution < -0.4 is 10.6 Å². The Kier molecular flexibility index (Phi) is 4.51. The van der Waals surface area contributed by atoms with E-state index in [2.05, 4.69) is 42.7 Å². The molecule has 0 aromatic heterocycles. The van der Waals surface area contributed by atoms with E-state index < -0.39 is 0 Å². The zero-order chi connectivity index (χ0) is 18.8. The fourth-order valence-electron chi connectivity index (χ4n) is 3.38. The number of nitrogens with one attached hydrogen (secondary N) is 2. The molecule has 0 radical (unpaired) electrons. The van der Waals surface area contributed by atoms with E-state index in [1.807, 2.05) is 60.7 Å². The summed E-state index contributed by atoms with van der Waals surface area (Å²) in [5, 5.41) is 6.68. The number of carbonyl (C=O) groups excluding carboxylic acids is 1. The van der Waals surface area contributed by atoms with Crippen molar-refractivity contribution < 1.29 is 4.79 Å². The third kappa shape index (κ3) is 3.49. The SMILES string of the molecule is Cc1cc2c(cc1C)NC(c1ccccc1)/C(=C/c1ccccc1)C(=O)N2. The Labute approximate surface area is 159 Å². The number of anilines is 2. The Morgan fingerprint density at radius 2 is 1.41 bits per heavy atom. The average Bonchev–Trinajstić information content (AvgIpc) is 2.81. The monoisotopic (exact) mass is 354 g/mol. The van der Waals surface area contributed by atoms with Crippen molar-refractivity contribution in [2.75, 3.05) is 10.6 Å². The number of hydrogen-bond donors (Lipinski definition) is 2. The predicted molar refractivity (Wildman–Crippen MR) is 112 cm³/mol. The normalized spacial score (nSPS) is 17.6. The number of rotatable bonds is 2. The lowest BCUT2D eigenvalue weighted by atomic mass is 9.96. The summed E-state index contributed by atoms with van der Waals surface area (Å²) in [6.07, 6.45) is 1.96. The number of fused-ring (bicyclic) bond motifs is 1. The van der Waals surface area contributed by atoms with Crippen LogP contribution in [-0.2, 0) is 4.79 Å². The molecule has 0 bridgehead atoms. The summed E-state index contributed by atoms with van der Waals surface area (Å²) in [7, 11) is 0. The minimum absolute atomic E-state index is 0.0813. The second-order valence-corrected chi connectivity index (χ2v) is 6.93. The van der Waals surface area contributed by atoms with E-state index in [1.54, 1.807) is 0 Å². The lowest BCUT2D eigenvalue weighted by Crippen LogP contribution is -2.20. The number of carbonyl (C=O) groups is 1. The van der Waals surface area contributed by atoms with Crippen LogP contribution in [0.2, 0.25) is 0 Å². The Morgan fingerprint density at radius 1 is 0.815 bits per heavy atom. The van der Waals surface area contributed by atoms with Gasteiger partial charge in [-0.2, -0.15) is 0 Å². The molecule has 3 aromatic carbocycles. The van der Waals surface area contributed by atoms with E-state index in [1.165, 1.54) is 5.56 Å². The zero-order valence-electron chi connectivity index (χ0n) is 15.5. The molecule has 3 heteroatoms. The lowest BCUT2D eigenvalue weighted by molar-refractivity contribution is -0.112. The topological polar surface area (TPSA) is 41.1 Å². The molecular weight excluding hydrogens is 332 g/mol. The van der Waals surface area contributed by atoms with Crippen LogP contribution in [0.15, 0.2) is 78.4 Å². The van der Waals surface area contributed by atoms with Crippen LogP contribution in [0.5, 0.6) is 0 Å². The maximum Gasteiger partial charge on any atom is 0.254 e. The molecule has 1 amide bonds. The molecule has 0 saturated heterocycles. The first-order valence-electron chi connectivity index (χ1n) is 9.12. The summed E-state index contributed by atoms with van der Waals surface area (Å²) in [5.74, 6) is -0.0813. The summed E-state index contributed by atoms with van der Waals surface area (Å²) in [6, 6.07) is 24.0. The molecule has 0 fully saturated rings. The molecule has 1 heterocycles. The molecule has 0 spiro atoms. The summed E-state index contributed by atoms with van der Waals surface area (Å²) in [4.78, 5) is 13.1. The first-order valence-corrected chi connectivity index (χ1v) is 9.12. The fraction of sp³-hybridized carbons (Fsp3) is 0.125. The van der Waals surface area contributed by atoms with Crippen molar-refractivity contribution in [3.8, 4) is 0 Å². The Morgan fingerprint density at radius 3 is 2.07 bits per heavy atom. The highest BCUT2D eigenvalue weighted by molar-refractivity contribution is 6.11. The first kappa shape index (κ1) is 17.1. The van der Waals surface area contributed by atoms with Gasteiger partial charge in [0.1, 0.15) is 0 Å². The Balaban J connectivity index is 1.86. The van der Waals surface area contributed by atoms with Crippen molar-refractivity contribution in [3.63, 3.8) is 0 Å². The van der Waals surface area contributed by atoms with E-state index >= 15 is 0 Å². The van der Waals surface area contributed by atoms with E-state index in [-0.39, 0.29) is 11.9 Å². The van der Waals surface area contributed by atoms with Crippen LogP contribution in [0.25, 0.3) is 6.08 Å². The number of aryl methyl sites for hydroxylation is 2. The van der Waals surface area contributed by atoms with Crippen LogP contribution in [0.1, 0.15) is 28.3 Å². The summed E-state index contributed by atoms with van der Waals surface area (Å²) in [6.45, 7) is 4.14. The minimum atomic E-state index is -0.227. The van der Waals surface area contributed by atoms with Crippen LogP contribution in [0.3, 0.4) is 0 Å². The summed E-state index contributed by atoms with van der Waals surface area (Å²) >= 11 is 0. The fourth-order valence-corrected chi connectivity index (χ4v) is 3.38. The molecule has 1 aliphatic heterocycles. The van der Waals surface area contributed by atoms with Crippen molar-refractivity contribution in [2.24, 2.45) is 0 Å². The van der Waals surface area contributed by atoms with Crippen molar-refractivity contribution in [3.05, 3.63) is 101 Å². The second-order valence-electron chi connectivity index (χ2n) is 6.93. The van der Waals surface area contributed by atoms with Gasteiger partial charge in [-0.1, -0.05) is 60.7 Å². The molecule has 1 aliphatic rings. The van der Waals surface area contributed by atoms with E-state index in [4.69, 9.17) is 0 Å². The average molecular weight is 354 g/mol. The maximum absolute atomic E-state index is 13.1. The van der Waals surface area contributed by atoms with E-state index in [0.717, 1.165) is 28.1 Å². The molecule has 1 atom stereocenters. The van der Waals surface area contributed by atoms with Gasteiger partial charge in [0, 0.05) is 5.57 Å². The lowest BCUT2D eigenvalue weighted by Gasteiger charge is -2.20. The Hall–Kier alpha value is -3.33. The molecule has 2 N–H and O–H groups in total. The third-order valence-corrected chi connectivity index (χ3v) is 5.01. The van der Waals surface area contributed by atoms with Crippen LogP contribution in [0.4, 0.5) is 11.4 Å². The van der Waals surface area contributed by atoms with Crippen LogP contribution in [0, 0.1) is 13.8 Å². The molecule has 3 nitrogen and oxygen atoms in total. The van der Waals surface area contributed by atoms with Gasteiger partial charge in [-0.3, -0.25) is 4.79 Å². The van der Waals surface area contributed by atoms with Crippen LogP contribution in [-0.4, -0.2) is 5.91 Å². The molecule has 0 saturated carbocycles. The van der Waals surface area contributed by atoms with Gasteiger partial charge in [-0.05, 0) is 54.3 Å². The van der Waals surface area contributed by atoms with Crippen molar-refractivity contribution >= 4 is 23.4 Å². The van der Waals surface area contributed by atoms with Crippen molar-refractivity contribution in [1.82, 2.24) is 0 Å². The van der Waals surface area contributed by atoms with E-state index in [9.17, 15) is 4.79 Å². The van der Waals surface area contributed by atoms with Gasteiger partial charge in [0.05, 0.1) is 17.4 Å². The minimum Gasteiger partial charge on any atom is -0.372 e. The molecule has 0 aliphatic carbocycles. The molecule has 4 rings (SSSR count). The first-order chi connectivity index (χ1) is 13.1. The van der Waals surface area contributed by atoms with Crippen molar-refractivity contribution in [1.29, 1.82) is 0 Å². The van der Waals surface area contributed by atoms with Crippen molar-refractivity contribution in [2.45, 2.75) is 19.9 Å².